The molecular formula is C12H15F2NO2. The second-order valence-corrected chi connectivity index (χ2v) is 4.64. The Labute approximate surface area is 98.7 Å². The Balaban J connectivity index is 2.94. The number of hydrogen-bond donors (Lipinski definition) is 1. The fourth-order valence-electron chi connectivity index (χ4n) is 1.52. The van der Waals surface area contributed by atoms with Gasteiger partial charge < -0.3 is 10.0 Å². The van der Waals surface area contributed by atoms with Gasteiger partial charge in [-0.15, -0.1) is 0 Å². The van der Waals surface area contributed by atoms with Crippen LogP contribution in [0.5, 0.6) is 0 Å². The molecule has 0 aliphatic heterocycles. The average Bonchev–Trinajstić information content (AvgIpc) is 2.20. The molecule has 1 aromatic rings. The minimum atomic E-state index is -1.03. The first-order valence-corrected chi connectivity index (χ1v) is 5.13. The molecule has 17 heavy (non-hydrogen) atoms. The van der Waals surface area contributed by atoms with Crippen LogP contribution in [0.2, 0.25) is 0 Å². The number of halogens is 2. The highest BCUT2D eigenvalue weighted by Gasteiger charge is 2.29. The van der Waals surface area contributed by atoms with Crippen LogP contribution < -0.4 is 4.90 Å². The summed E-state index contributed by atoms with van der Waals surface area (Å²) in [6.07, 6.45) is 0. The first kappa shape index (κ1) is 13.4. The lowest BCUT2D eigenvalue weighted by molar-refractivity contribution is -0.146. The van der Waals surface area contributed by atoms with E-state index in [4.69, 9.17) is 5.11 Å². The number of carbonyl (C=O) groups is 1. The lowest BCUT2D eigenvalue weighted by Crippen LogP contribution is -2.37. The van der Waals surface area contributed by atoms with Crippen molar-refractivity contribution in [2.45, 2.75) is 13.8 Å². The summed E-state index contributed by atoms with van der Waals surface area (Å²) in [6, 6.07) is 3.09. The van der Waals surface area contributed by atoms with Crippen LogP contribution in [0, 0.1) is 17.0 Å². The van der Waals surface area contributed by atoms with Gasteiger partial charge in [-0.05, 0) is 26.0 Å². The Morgan fingerprint density at radius 1 is 1.41 bits per heavy atom. The van der Waals surface area contributed by atoms with Gasteiger partial charge >= 0.3 is 5.97 Å². The first-order chi connectivity index (χ1) is 7.74. The van der Waals surface area contributed by atoms with Gasteiger partial charge in [-0.1, -0.05) is 0 Å². The summed E-state index contributed by atoms with van der Waals surface area (Å²) in [5.41, 5.74) is -0.979. The number of nitrogens with zero attached hydrogens (tertiary/aromatic N) is 1. The highest BCUT2D eigenvalue weighted by Crippen LogP contribution is 2.24. The SMILES string of the molecule is CN(CC(C)(C)C(=O)O)c1cc(F)ccc1F. The monoisotopic (exact) mass is 243 g/mol. The number of benzene rings is 1. The molecule has 94 valence electrons. The molecule has 0 aliphatic rings. The predicted molar refractivity (Wildman–Crippen MR) is 61.0 cm³/mol. The van der Waals surface area contributed by atoms with Crippen molar-refractivity contribution in [3.63, 3.8) is 0 Å². The molecule has 0 radical (unpaired) electrons. The molecule has 0 bridgehead atoms. The third-order valence-electron chi connectivity index (χ3n) is 2.53. The molecule has 0 spiro atoms. The van der Waals surface area contributed by atoms with Crippen molar-refractivity contribution in [2.24, 2.45) is 5.41 Å². The fraction of sp³-hybridized carbons (Fsp3) is 0.417. The zero-order valence-electron chi connectivity index (χ0n) is 10.00. The van der Waals surface area contributed by atoms with Crippen LogP contribution in [0.3, 0.4) is 0 Å². The summed E-state index contributed by atoms with van der Waals surface area (Å²) in [5, 5.41) is 8.97. The molecular weight excluding hydrogens is 228 g/mol. The smallest absolute Gasteiger partial charge is 0.310 e. The Morgan fingerprint density at radius 2 is 2.00 bits per heavy atom. The van der Waals surface area contributed by atoms with E-state index in [-0.39, 0.29) is 12.2 Å². The number of rotatable bonds is 4. The summed E-state index contributed by atoms with van der Waals surface area (Å²) >= 11 is 0. The maximum absolute atomic E-state index is 13.4. The van der Waals surface area contributed by atoms with Crippen LogP contribution in [0.4, 0.5) is 14.5 Å². The van der Waals surface area contributed by atoms with Crippen molar-refractivity contribution in [3.05, 3.63) is 29.8 Å². The third-order valence-corrected chi connectivity index (χ3v) is 2.53. The second kappa shape index (κ2) is 4.69. The molecule has 0 saturated heterocycles. The largest absolute Gasteiger partial charge is 0.481 e. The van der Waals surface area contributed by atoms with E-state index in [9.17, 15) is 13.6 Å². The van der Waals surface area contributed by atoms with Crippen molar-refractivity contribution in [2.75, 3.05) is 18.5 Å². The van der Waals surface area contributed by atoms with Crippen LogP contribution in [0.25, 0.3) is 0 Å². The minimum Gasteiger partial charge on any atom is -0.481 e. The zero-order valence-corrected chi connectivity index (χ0v) is 10.00. The van der Waals surface area contributed by atoms with E-state index >= 15 is 0 Å². The van der Waals surface area contributed by atoms with Gasteiger partial charge in [0, 0.05) is 19.7 Å². The molecule has 0 atom stereocenters. The molecule has 0 unspecified atom stereocenters. The van der Waals surface area contributed by atoms with E-state index in [2.05, 4.69) is 0 Å². The molecule has 0 amide bonds. The van der Waals surface area contributed by atoms with E-state index in [1.807, 2.05) is 0 Å². The average molecular weight is 243 g/mol. The Bertz CT molecular complexity index is 433. The van der Waals surface area contributed by atoms with Gasteiger partial charge in [-0.3, -0.25) is 4.79 Å². The first-order valence-electron chi connectivity index (χ1n) is 5.13. The van der Waals surface area contributed by atoms with Crippen molar-refractivity contribution >= 4 is 11.7 Å². The van der Waals surface area contributed by atoms with Gasteiger partial charge in [0.2, 0.25) is 0 Å². The molecule has 3 nitrogen and oxygen atoms in total. The van der Waals surface area contributed by atoms with Crippen molar-refractivity contribution in [1.82, 2.24) is 0 Å². The molecule has 1 rings (SSSR count). The predicted octanol–water partition coefficient (Wildman–Crippen LogP) is 2.51. The van der Waals surface area contributed by atoms with Crippen LogP contribution in [0.1, 0.15) is 13.8 Å². The van der Waals surface area contributed by atoms with Gasteiger partial charge in [0.05, 0.1) is 11.1 Å². The molecule has 0 aromatic heterocycles. The van der Waals surface area contributed by atoms with Crippen molar-refractivity contribution < 1.29 is 18.7 Å². The van der Waals surface area contributed by atoms with Crippen LogP contribution in [0.15, 0.2) is 18.2 Å². The Hall–Kier alpha value is -1.65. The topological polar surface area (TPSA) is 40.5 Å². The summed E-state index contributed by atoms with van der Waals surface area (Å²) in [7, 11) is 1.53. The van der Waals surface area contributed by atoms with Crippen LogP contribution in [-0.2, 0) is 4.79 Å². The minimum absolute atomic E-state index is 0.0549. The van der Waals surface area contributed by atoms with Crippen molar-refractivity contribution in [1.29, 1.82) is 0 Å². The van der Waals surface area contributed by atoms with Crippen LogP contribution in [-0.4, -0.2) is 24.7 Å². The molecule has 1 aromatic carbocycles. The summed E-state index contributed by atoms with van der Waals surface area (Å²) in [6.45, 7) is 3.15. The lowest BCUT2D eigenvalue weighted by atomic mass is 9.93. The number of carboxylic acid groups (broad SMARTS) is 1. The highest BCUT2D eigenvalue weighted by atomic mass is 19.1. The normalized spacial score (nSPS) is 11.4. The van der Waals surface area contributed by atoms with E-state index in [0.717, 1.165) is 18.2 Å². The quantitative estimate of drug-likeness (QED) is 0.883. The molecule has 1 N–H and O–H groups in total. The van der Waals surface area contributed by atoms with Gasteiger partial charge in [0.25, 0.3) is 0 Å². The number of anilines is 1. The van der Waals surface area contributed by atoms with E-state index in [1.165, 1.54) is 25.8 Å². The fourth-order valence-corrected chi connectivity index (χ4v) is 1.52. The lowest BCUT2D eigenvalue weighted by Gasteiger charge is -2.28. The van der Waals surface area contributed by atoms with Gasteiger partial charge in [-0.25, -0.2) is 8.78 Å². The zero-order chi connectivity index (χ0) is 13.2. The summed E-state index contributed by atoms with van der Waals surface area (Å²) in [5.74, 6) is -2.11. The molecule has 0 aliphatic carbocycles. The standard InChI is InChI=1S/C12H15F2NO2/c1-12(2,11(16)17)7-15(3)10-6-8(13)4-5-9(10)14/h4-6H,7H2,1-3H3,(H,16,17). The molecule has 0 fully saturated rings. The van der Waals surface area contributed by atoms with E-state index in [0.29, 0.717) is 0 Å². The third kappa shape index (κ3) is 3.15. The number of carboxylic acids is 1. The van der Waals surface area contributed by atoms with E-state index < -0.39 is 23.0 Å². The number of aliphatic carboxylic acids is 1. The summed E-state index contributed by atoms with van der Waals surface area (Å²) < 4.78 is 26.4. The maximum atomic E-state index is 13.4. The molecule has 0 saturated carbocycles. The van der Waals surface area contributed by atoms with E-state index in [1.54, 1.807) is 0 Å². The maximum Gasteiger partial charge on any atom is 0.310 e. The van der Waals surface area contributed by atoms with Crippen LogP contribution >= 0.6 is 0 Å². The van der Waals surface area contributed by atoms with Crippen molar-refractivity contribution in [3.8, 4) is 0 Å². The Kier molecular flexibility index (Phi) is 3.70. The van der Waals surface area contributed by atoms with Gasteiger partial charge in [0.15, 0.2) is 0 Å². The highest BCUT2D eigenvalue weighted by molar-refractivity contribution is 5.74. The van der Waals surface area contributed by atoms with Gasteiger partial charge in [-0.2, -0.15) is 0 Å². The molecule has 5 heteroatoms. The summed E-state index contributed by atoms with van der Waals surface area (Å²) in [4.78, 5) is 12.3. The number of hydrogen-bond acceptors (Lipinski definition) is 2. The second-order valence-electron chi connectivity index (χ2n) is 4.64. The molecule has 0 heterocycles. The Morgan fingerprint density at radius 3 is 2.53 bits per heavy atom. The van der Waals surface area contributed by atoms with Gasteiger partial charge in [0.1, 0.15) is 11.6 Å².